The van der Waals surface area contributed by atoms with E-state index in [1.165, 1.54) is 0 Å². The second-order valence-electron chi connectivity index (χ2n) is 12.8. The van der Waals surface area contributed by atoms with E-state index in [4.69, 9.17) is 0 Å². The van der Waals surface area contributed by atoms with Crippen LogP contribution in [0.4, 0.5) is 0 Å². The number of hydrogen-bond acceptors (Lipinski definition) is 5. The number of rotatable bonds is 6. The van der Waals surface area contributed by atoms with E-state index in [1.54, 1.807) is 0 Å². The van der Waals surface area contributed by atoms with Gasteiger partial charge in [0.15, 0.2) is 0 Å². The molecule has 186 valence electrons. The summed E-state index contributed by atoms with van der Waals surface area (Å²) in [6.45, 7) is 8.82. The minimum Gasteiger partial charge on any atom is -0.396 e. The maximum Gasteiger partial charge on any atom is 0.0602 e. The second-order valence-corrected chi connectivity index (χ2v) is 12.8. The number of hydrogen-bond donors (Lipinski definition) is 5. The summed E-state index contributed by atoms with van der Waals surface area (Å²) in [6.07, 6.45) is 6.54. The molecule has 0 aliphatic heterocycles. The fraction of sp³-hybridized carbons (Fsp3) is 1.00. The molecule has 0 bridgehead atoms. The van der Waals surface area contributed by atoms with Crippen molar-refractivity contribution in [1.29, 1.82) is 0 Å². The summed E-state index contributed by atoms with van der Waals surface area (Å²) in [6, 6.07) is 0. The third-order valence-corrected chi connectivity index (χ3v) is 11.4. The molecule has 0 spiro atoms. The van der Waals surface area contributed by atoms with Gasteiger partial charge >= 0.3 is 0 Å². The Balaban J connectivity index is 1.53. The van der Waals surface area contributed by atoms with Crippen molar-refractivity contribution in [2.45, 2.75) is 110 Å². The highest BCUT2D eigenvalue weighted by Crippen LogP contribution is 2.68. The lowest BCUT2D eigenvalue weighted by Crippen LogP contribution is -2.62. The molecule has 4 rings (SSSR count). The van der Waals surface area contributed by atoms with E-state index in [0.717, 1.165) is 51.4 Å². The zero-order valence-corrected chi connectivity index (χ0v) is 20.7. The fourth-order valence-electron chi connectivity index (χ4n) is 9.17. The van der Waals surface area contributed by atoms with Gasteiger partial charge in [-0.15, -0.1) is 0 Å². The van der Waals surface area contributed by atoms with Crippen LogP contribution in [-0.4, -0.2) is 56.6 Å². The average Bonchev–Trinajstić information content (AvgIpc) is 3.11. The van der Waals surface area contributed by atoms with Gasteiger partial charge in [0.25, 0.3) is 0 Å². The van der Waals surface area contributed by atoms with Gasteiger partial charge in [-0.2, -0.15) is 0 Å². The molecule has 0 aromatic rings. The van der Waals surface area contributed by atoms with E-state index in [-0.39, 0.29) is 47.6 Å². The Morgan fingerprint density at radius 1 is 0.906 bits per heavy atom. The Morgan fingerprint density at radius 3 is 2.31 bits per heavy atom. The predicted molar refractivity (Wildman–Crippen MR) is 125 cm³/mol. The van der Waals surface area contributed by atoms with Crippen molar-refractivity contribution in [3.8, 4) is 0 Å². The van der Waals surface area contributed by atoms with Crippen LogP contribution in [0, 0.1) is 52.3 Å². The molecule has 5 heteroatoms. The molecule has 1 unspecified atom stereocenters. The molecule has 0 radical (unpaired) electrons. The van der Waals surface area contributed by atoms with E-state index in [1.807, 2.05) is 6.92 Å². The predicted octanol–water partition coefficient (Wildman–Crippen LogP) is 3.35. The Labute approximate surface area is 194 Å². The number of aliphatic hydroxyl groups excluding tert-OH is 5. The molecular formula is C27H48O5. The monoisotopic (exact) mass is 452 g/mol. The van der Waals surface area contributed by atoms with Crippen LogP contribution in [0.2, 0.25) is 0 Å². The molecule has 4 aliphatic carbocycles. The van der Waals surface area contributed by atoms with Crippen LogP contribution < -0.4 is 0 Å². The maximum absolute atomic E-state index is 11.6. The van der Waals surface area contributed by atoms with Gasteiger partial charge in [-0.1, -0.05) is 27.7 Å². The van der Waals surface area contributed by atoms with Gasteiger partial charge in [-0.05, 0) is 104 Å². The maximum atomic E-state index is 11.6. The summed E-state index contributed by atoms with van der Waals surface area (Å²) in [5.41, 5.74) is -0.0772. The molecule has 0 aromatic carbocycles. The zero-order chi connectivity index (χ0) is 23.4. The number of aliphatic hydroxyl groups is 5. The van der Waals surface area contributed by atoms with Gasteiger partial charge in [-0.3, -0.25) is 0 Å². The molecule has 0 heterocycles. The molecule has 32 heavy (non-hydrogen) atoms. The van der Waals surface area contributed by atoms with Crippen LogP contribution >= 0.6 is 0 Å². The lowest BCUT2D eigenvalue weighted by Gasteiger charge is -2.63. The van der Waals surface area contributed by atoms with Gasteiger partial charge in [0, 0.05) is 12.5 Å². The van der Waals surface area contributed by atoms with Crippen LogP contribution in [-0.2, 0) is 0 Å². The SMILES string of the molecule is CC(CO)[C@@H](O)CC[C@@H](C)[C@H]1CC[C@H]2[C@@H]3[C@H](O)C[C@@H]4C[C@H](O)CC[C@]4(C)[C@H]3C[C@H](O)[C@]12C. The van der Waals surface area contributed by atoms with Gasteiger partial charge in [-0.25, -0.2) is 0 Å². The van der Waals surface area contributed by atoms with E-state index in [9.17, 15) is 25.5 Å². The first kappa shape index (κ1) is 24.9. The first-order valence-electron chi connectivity index (χ1n) is 13.4. The standard InChI is InChI=1S/C27H48O5/c1-15(5-8-22(30)16(2)14-28)19-6-7-20-25-21(13-24(32)27(19,20)4)26(3)10-9-18(29)11-17(26)12-23(25)31/h15-25,28-32H,5-14H2,1-4H3/t15-,16?,17+,18-,19-,20+,21+,22+,23-,24+,25+,26+,27-/m1/s1. The molecule has 13 atom stereocenters. The third kappa shape index (κ3) is 3.88. The molecule has 5 N–H and O–H groups in total. The first-order chi connectivity index (χ1) is 15.0. The summed E-state index contributed by atoms with van der Waals surface area (Å²) in [7, 11) is 0. The molecule has 5 nitrogen and oxygen atoms in total. The molecule has 4 fully saturated rings. The van der Waals surface area contributed by atoms with Crippen molar-refractivity contribution < 1.29 is 25.5 Å². The van der Waals surface area contributed by atoms with Crippen LogP contribution in [0.1, 0.15) is 85.5 Å². The normalized spacial score (nSPS) is 51.3. The van der Waals surface area contributed by atoms with Crippen molar-refractivity contribution in [2.24, 2.45) is 52.3 Å². The van der Waals surface area contributed by atoms with E-state index >= 15 is 0 Å². The molecule has 0 saturated heterocycles. The lowest BCUT2D eigenvalue weighted by atomic mass is 9.43. The molecule has 4 aliphatic rings. The lowest BCUT2D eigenvalue weighted by molar-refractivity contribution is -0.207. The second kappa shape index (κ2) is 9.11. The summed E-state index contributed by atoms with van der Waals surface area (Å²) in [5.74, 6) is 1.96. The van der Waals surface area contributed by atoms with Crippen molar-refractivity contribution >= 4 is 0 Å². The minimum absolute atomic E-state index is 0.00915. The van der Waals surface area contributed by atoms with E-state index in [0.29, 0.717) is 36.0 Å². The quantitative estimate of drug-likeness (QED) is 0.425. The average molecular weight is 453 g/mol. The van der Waals surface area contributed by atoms with Crippen molar-refractivity contribution in [3.63, 3.8) is 0 Å². The van der Waals surface area contributed by atoms with Crippen molar-refractivity contribution in [3.05, 3.63) is 0 Å². The highest BCUT2D eigenvalue weighted by atomic mass is 16.3. The Hall–Kier alpha value is -0.200. The summed E-state index contributed by atoms with van der Waals surface area (Å²) in [4.78, 5) is 0. The van der Waals surface area contributed by atoms with Crippen LogP contribution in [0.15, 0.2) is 0 Å². The van der Waals surface area contributed by atoms with Crippen LogP contribution in [0.3, 0.4) is 0 Å². The fourth-order valence-corrected chi connectivity index (χ4v) is 9.17. The van der Waals surface area contributed by atoms with Crippen LogP contribution in [0.5, 0.6) is 0 Å². The smallest absolute Gasteiger partial charge is 0.0602 e. The van der Waals surface area contributed by atoms with Crippen molar-refractivity contribution in [2.75, 3.05) is 6.61 Å². The third-order valence-electron chi connectivity index (χ3n) is 11.4. The Morgan fingerprint density at radius 2 is 1.62 bits per heavy atom. The molecule has 4 saturated carbocycles. The van der Waals surface area contributed by atoms with E-state index < -0.39 is 6.10 Å². The largest absolute Gasteiger partial charge is 0.396 e. The van der Waals surface area contributed by atoms with Gasteiger partial charge < -0.3 is 25.5 Å². The summed E-state index contributed by atoms with van der Waals surface area (Å²) >= 11 is 0. The van der Waals surface area contributed by atoms with Crippen LogP contribution in [0.25, 0.3) is 0 Å². The van der Waals surface area contributed by atoms with Gasteiger partial charge in [0.1, 0.15) is 0 Å². The van der Waals surface area contributed by atoms with Crippen molar-refractivity contribution in [1.82, 2.24) is 0 Å². The molecular weight excluding hydrogens is 404 g/mol. The van der Waals surface area contributed by atoms with Gasteiger partial charge in [0.2, 0.25) is 0 Å². The topological polar surface area (TPSA) is 101 Å². The Bertz CT molecular complexity index is 656. The summed E-state index contributed by atoms with van der Waals surface area (Å²) < 4.78 is 0. The first-order valence-corrected chi connectivity index (χ1v) is 13.4. The zero-order valence-electron chi connectivity index (χ0n) is 20.7. The van der Waals surface area contributed by atoms with Gasteiger partial charge in [0.05, 0.1) is 24.4 Å². The highest BCUT2D eigenvalue weighted by molar-refractivity contribution is 5.14. The summed E-state index contributed by atoms with van der Waals surface area (Å²) in [5, 5.41) is 52.9. The Kier molecular flexibility index (Phi) is 7.09. The number of fused-ring (bicyclic) bond motifs is 5. The minimum atomic E-state index is -0.480. The van der Waals surface area contributed by atoms with E-state index in [2.05, 4.69) is 20.8 Å². The highest BCUT2D eigenvalue weighted by Gasteiger charge is 2.65. The molecule has 0 aromatic heterocycles. The molecule has 0 amide bonds.